The summed E-state index contributed by atoms with van der Waals surface area (Å²) in [5, 5.41) is 26.6. The second-order valence-electron chi connectivity index (χ2n) is 7.15. The SMILES string of the molecule is CCN(Oc1cc2ncnc(Nc3ccc(Br)cc3F)c2cc1[N+](=O)[O-])C(=O)C(COC)NC(=O)O. The van der Waals surface area contributed by atoms with E-state index >= 15 is 0 Å². The molecule has 0 spiro atoms. The van der Waals surface area contributed by atoms with Crippen molar-refractivity contribution in [3.63, 3.8) is 0 Å². The van der Waals surface area contributed by atoms with E-state index in [0.717, 1.165) is 11.1 Å². The van der Waals surface area contributed by atoms with Crippen molar-refractivity contribution in [2.45, 2.75) is 13.0 Å². The van der Waals surface area contributed by atoms with Gasteiger partial charge in [0.25, 0.3) is 5.91 Å². The van der Waals surface area contributed by atoms with Gasteiger partial charge in [-0.05, 0) is 25.1 Å². The van der Waals surface area contributed by atoms with Gasteiger partial charge in [0.05, 0.1) is 34.7 Å². The number of rotatable bonds is 10. The molecule has 1 unspecified atom stereocenters. The number of anilines is 2. The Kier molecular flexibility index (Phi) is 8.50. The van der Waals surface area contributed by atoms with E-state index in [1.54, 1.807) is 6.07 Å². The normalized spacial score (nSPS) is 11.6. The molecule has 0 saturated heterocycles. The number of amides is 2. The highest BCUT2D eigenvalue weighted by atomic mass is 79.9. The second kappa shape index (κ2) is 11.5. The minimum atomic E-state index is -1.46. The Balaban J connectivity index is 2.00. The zero-order valence-electron chi connectivity index (χ0n) is 18.9. The standard InChI is InChI=1S/C21H20BrFN6O7/c1-3-28(20(30)16(9-35-2)27-21(31)32)36-18-8-15-12(7-17(18)29(33)34)19(25-10-24-15)26-14-5-4-11(22)6-13(14)23/h4-8,10,16,27H,3,9H2,1-2H3,(H,31,32)(H,24,25,26). The van der Waals surface area contributed by atoms with Gasteiger partial charge in [-0.25, -0.2) is 19.2 Å². The number of hydrogen-bond acceptors (Lipinski definition) is 9. The Labute approximate surface area is 211 Å². The maximum Gasteiger partial charge on any atom is 0.405 e. The molecule has 3 rings (SSSR count). The second-order valence-corrected chi connectivity index (χ2v) is 8.06. The van der Waals surface area contributed by atoms with Crippen LogP contribution in [0.1, 0.15) is 6.92 Å². The lowest BCUT2D eigenvalue weighted by Gasteiger charge is -2.25. The van der Waals surface area contributed by atoms with E-state index in [-0.39, 0.29) is 41.3 Å². The fourth-order valence-corrected chi connectivity index (χ4v) is 3.49. The molecule has 0 saturated carbocycles. The summed E-state index contributed by atoms with van der Waals surface area (Å²) in [4.78, 5) is 48.6. The van der Waals surface area contributed by atoms with Crippen molar-refractivity contribution < 1.29 is 33.6 Å². The largest absolute Gasteiger partial charge is 0.465 e. The summed E-state index contributed by atoms with van der Waals surface area (Å²) < 4.78 is 19.7. The highest BCUT2D eigenvalue weighted by Crippen LogP contribution is 2.35. The molecule has 3 aromatic rings. The van der Waals surface area contributed by atoms with Gasteiger partial charge in [0, 0.05) is 23.7 Å². The molecular formula is C21H20BrFN6O7. The van der Waals surface area contributed by atoms with Crippen molar-refractivity contribution in [1.29, 1.82) is 0 Å². The van der Waals surface area contributed by atoms with Crippen molar-refractivity contribution in [1.82, 2.24) is 20.3 Å². The lowest BCUT2D eigenvalue weighted by Crippen LogP contribution is -2.51. The van der Waals surface area contributed by atoms with Crippen molar-refractivity contribution in [2.24, 2.45) is 0 Å². The van der Waals surface area contributed by atoms with Gasteiger partial charge in [-0.15, -0.1) is 0 Å². The first-order chi connectivity index (χ1) is 17.1. The fraction of sp³-hybridized carbons (Fsp3) is 0.238. The van der Waals surface area contributed by atoms with Crippen LogP contribution in [0.15, 0.2) is 41.1 Å². The Hall–Kier alpha value is -4.11. The first-order valence-electron chi connectivity index (χ1n) is 10.3. The van der Waals surface area contributed by atoms with Crippen molar-refractivity contribution in [3.05, 3.63) is 57.1 Å². The lowest BCUT2D eigenvalue weighted by atomic mass is 10.2. The van der Waals surface area contributed by atoms with Crippen molar-refractivity contribution in [3.8, 4) is 5.75 Å². The molecule has 0 aliphatic carbocycles. The van der Waals surface area contributed by atoms with Crippen LogP contribution in [0.3, 0.4) is 0 Å². The van der Waals surface area contributed by atoms with Crippen LogP contribution in [0.2, 0.25) is 0 Å². The first-order valence-corrected chi connectivity index (χ1v) is 11.1. The molecule has 2 aromatic carbocycles. The molecule has 0 aliphatic heterocycles. The van der Waals surface area contributed by atoms with Gasteiger partial charge >= 0.3 is 11.8 Å². The van der Waals surface area contributed by atoms with Gasteiger partial charge in [0.1, 0.15) is 24.0 Å². The zero-order chi connectivity index (χ0) is 26.4. The number of carbonyl (C=O) groups excluding carboxylic acids is 1. The third-order valence-corrected chi connectivity index (χ3v) is 5.26. The average Bonchev–Trinajstić information content (AvgIpc) is 2.82. The number of likely N-dealkylation sites (N-methyl/N-ethyl adjacent to an activating group) is 1. The highest BCUT2D eigenvalue weighted by Gasteiger charge is 2.29. The van der Waals surface area contributed by atoms with Crippen LogP contribution >= 0.6 is 15.9 Å². The number of nitro benzene ring substituents is 1. The number of halogens is 2. The number of aromatic nitrogens is 2. The van der Waals surface area contributed by atoms with Gasteiger partial charge in [-0.1, -0.05) is 15.9 Å². The zero-order valence-corrected chi connectivity index (χ0v) is 20.5. The smallest absolute Gasteiger partial charge is 0.405 e. The Morgan fingerprint density at radius 2 is 2.06 bits per heavy atom. The van der Waals surface area contributed by atoms with Gasteiger partial charge < -0.3 is 25.3 Å². The van der Waals surface area contributed by atoms with Gasteiger partial charge in [0.15, 0.2) is 0 Å². The molecule has 0 radical (unpaired) electrons. The van der Waals surface area contributed by atoms with E-state index in [2.05, 4.69) is 31.2 Å². The van der Waals surface area contributed by atoms with Crippen molar-refractivity contribution in [2.75, 3.05) is 25.6 Å². The van der Waals surface area contributed by atoms with Gasteiger partial charge in [-0.3, -0.25) is 14.9 Å². The van der Waals surface area contributed by atoms with Crippen LogP contribution in [0.4, 0.5) is 26.4 Å². The highest BCUT2D eigenvalue weighted by molar-refractivity contribution is 9.10. The number of ether oxygens (including phenoxy) is 1. The summed E-state index contributed by atoms with van der Waals surface area (Å²) >= 11 is 3.17. The number of hydrogen-bond donors (Lipinski definition) is 3. The maximum absolute atomic E-state index is 14.3. The summed E-state index contributed by atoms with van der Waals surface area (Å²) in [5.74, 6) is -1.63. The molecule has 15 heteroatoms. The molecule has 0 fully saturated rings. The quantitative estimate of drug-likeness (QED) is 0.243. The number of nitro groups is 1. The Morgan fingerprint density at radius 1 is 1.31 bits per heavy atom. The third-order valence-electron chi connectivity index (χ3n) is 4.77. The summed E-state index contributed by atoms with van der Waals surface area (Å²) in [6.45, 7) is 1.17. The molecule has 0 aliphatic rings. The monoisotopic (exact) mass is 566 g/mol. The van der Waals surface area contributed by atoms with Crippen LogP contribution in [-0.4, -0.2) is 63.4 Å². The molecule has 36 heavy (non-hydrogen) atoms. The van der Waals surface area contributed by atoms with Crippen LogP contribution in [0.5, 0.6) is 5.75 Å². The van der Waals surface area contributed by atoms with E-state index in [1.165, 1.54) is 38.6 Å². The molecule has 2 amide bonds. The summed E-state index contributed by atoms with van der Waals surface area (Å²) in [5.41, 5.74) is -0.248. The van der Waals surface area contributed by atoms with Gasteiger partial charge in [-0.2, -0.15) is 5.06 Å². The molecule has 1 aromatic heterocycles. The van der Waals surface area contributed by atoms with Crippen LogP contribution in [-0.2, 0) is 9.53 Å². The van der Waals surface area contributed by atoms with E-state index < -0.39 is 34.5 Å². The number of nitrogens with zero attached hydrogens (tertiary/aromatic N) is 4. The summed E-state index contributed by atoms with van der Waals surface area (Å²) in [7, 11) is 1.28. The lowest BCUT2D eigenvalue weighted by molar-refractivity contribution is -0.386. The van der Waals surface area contributed by atoms with Crippen molar-refractivity contribution >= 4 is 56.0 Å². The van der Waals surface area contributed by atoms with Gasteiger partial charge in [0.2, 0.25) is 5.75 Å². The molecule has 190 valence electrons. The average molecular weight is 567 g/mol. The number of hydroxylamine groups is 2. The number of carboxylic acid groups (broad SMARTS) is 1. The third kappa shape index (κ3) is 6.11. The number of methoxy groups -OCH3 is 1. The summed E-state index contributed by atoms with van der Waals surface area (Å²) in [6, 6.07) is 5.35. The minimum Gasteiger partial charge on any atom is -0.465 e. The first kappa shape index (κ1) is 26.5. The predicted molar refractivity (Wildman–Crippen MR) is 128 cm³/mol. The van der Waals surface area contributed by atoms with E-state index in [1.807, 2.05) is 5.32 Å². The minimum absolute atomic E-state index is 0.0744. The number of carbonyl (C=O) groups is 2. The molecule has 13 nitrogen and oxygen atoms in total. The van der Waals surface area contributed by atoms with E-state index in [4.69, 9.17) is 14.7 Å². The fourth-order valence-electron chi connectivity index (χ4n) is 3.15. The molecule has 0 bridgehead atoms. The molecular weight excluding hydrogens is 547 g/mol. The van der Waals surface area contributed by atoms with Crippen LogP contribution < -0.4 is 15.5 Å². The number of benzene rings is 2. The van der Waals surface area contributed by atoms with Crippen LogP contribution in [0.25, 0.3) is 10.9 Å². The molecule has 3 N–H and O–H groups in total. The topological polar surface area (TPSA) is 169 Å². The van der Waals surface area contributed by atoms with E-state index in [9.17, 15) is 24.1 Å². The maximum atomic E-state index is 14.3. The number of fused-ring (bicyclic) bond motifs is 1. The predicted octanol–water partition coefficient (Wildman–Crippen LogP) is 3.61. The Morgan fingerprint density at radius 3 is 2.67 bits per heavy atom. The van der Waals surface area contributed by atoms with E-state index in [0.29, 0.717) is 4.47 Å². The van der Waals surface area contributed by atoms with Crippen LogP contribution in [0, 0.1) is 15.9 Å². The number of nitrogens with one attached hydrogen (secondary N) is 2. The Bertz CT molecular complexity index is 1310. The molecule has 1 atom stereocenters. The molecule has 1 heterocycles. The summed E-state index contributed by atoms with van der Waals surface area (Å²) in [6.07, 6.45) is -0.289.